The van der Waals surface area contributed by atoms with Crippen LogP contribution in [0.4, 0.5) is 0 Å². The fourth-order valence-electron chi connectivity index (χ4n) is 2.66. The first-order valence-electron chi connectivity index (χ1n) is 7.45. The van der Waals surface area contributed by atoms with Crippen LogP contribution in [-0.4, -0.2) is 44.2 Å². The number of rotatable bonds is 6. The van der Waals surface area contributed by atoms with Gasteiger partial charge in [-0.15, -0.1) is 12.4 Å². The first-order valence-corrected chi connectivity index (χ1v) is 7.45. The molecule has 2 aliphatic rings. The number of benzene rings is 1. The number of hydrogen-bond acceptors (Lipinski definition) is 4. The van der Waals surface area contributed by atoms with Crippen LogP contribution in [0, 0.1) is 5.92 Å². The van der Waals surface area contributed by atoms with Crippen LogP contribution < -0.4 is 14.8 Å². The van der Waals surface area contributed by atoms with Gasteiger partial charge in [0, 0.05) is 31.2 Å². The number of halogens is 1. The lowest BCUT2D eigenvalue weighted by atomic mass is 10.0. The molecule has 0 aromatic heterocycles. The third-order valence-corrected chi connectivity index (χ3v) is 4.23. The number of ether oxygens (including phenoxy) is 2. The number of hydrogen-bond donors (Lipinski definition) is 1. The quantitative estimate of drug-likeness (QED) is 0.866. The minimum atomic E-state index is 0. The molecule has 1 saturated carbocycles. The Morgan fingerprint density at radius 3 is 2.50 bits per heavy atom. The summed E-state index contributed by atoms with van der Waals surface area (Å²) in [5, 5.41) is 3.17. The van der Waals surface area contributed by atoms with Gasteiger partial charge in [-0.3, -0.25) is 4.79 Å². The van der Waals surface area contributed by atoms with E-state index in [4.69, 9.17) is 9.47 Å². The Morgan fingerprint density at radius 1 is 1.27 bits per heavy atom. The Labute approximate surface area is 137 Å². The van der Waals surface area contributed by atoms with Crippen LogP contribution in [0.5, 0.6) is 11.5 Å². The SMILES string of the molecule is COc1ccc(OC)c(CN(C(=O)C2CNC2)C2CC2)c1.Cl. The molecule has 3 rings (SSSR count). The summed E-state index contributed by atoms with van der Waals surface area (Å²) >= 11 is 0. The van der Waals surface area contributed by atoms with Gasteiger partial charge in [-0.05, 0) is 31.0 Å². The van der Waals surface area contributed by atoms with Gasteiger partial charge >= 0.3 is 0 Å². The molecule has 0 radical (unpaired) electrons. The standard InChI is InChI=1S/C16H22N2O3.ClH/c1-20-14-5-6-15(21-2)11(7-14)10-18(13-3-4-13)16(19)12-8-17-9-12;/h5-7,12-13,17H,3-4,8-10H2,1-2H3;1H. The van der Waals surface area contributed by atoms with Crippen LogP contribution in [0.15, 0.2) is 18.2 Å². The Bertz CT molecular complexity index is 530. The van der Waals surface area contributed by atoms with Crippen molar-refractivity contribution in [1.82, 2.24) is 10.2 Å². The lowest BCUT2D eigenvalue weighted by molar-refractivity contribution is -0.138. The van der Waals surface area contributed by atoms with E-state index in [1.807, 2.05) is 23.1 Å². The second-order valence-corrected chi connectivity index (χ2v) is 5.73. The number of carbonyl (C=O) groups excluding carboxylic acids is 1. The van der Waals surface area contributed by atoms with Crippen molar-refractivity contribution in [3.05, 3.63) is 23.8 Å². The largest absolute Gasteiger partial charge is 0.497 e. The van der Waals surface area contributed by atoms with Gasteiger partial charge < -0.3 is 19.7 Å². The Balaban J connectivity index is 0.00000176. The Kier molecular flexibility index (Phi) is 5.53. The van der Waals surface area contributed by atoms with Crippen molar-refractivity contribution in [2.75, 3.05) is 27.3 Å². The molecule has 1 aliphatic heterocycles. The maximum Gasteiger partial charge on any atom is 0.228 e. The molecule has 5 nitrogen and oxygen atoms in total. The summed E-state index contributed by atoms with van der Waals surface area (Å²) in [7, 11) is 3.31. The van der Waals surface area contributed by atoms with Gasteiger partial charge in [0.2, 0.25) is 5.91 Å². The average molecular weight is 327 g/mol. The van der Waals surface area contributed by atoms with Crippen LogP contribution in [0.25, 0.3) is 0 Å². The molecule has 1 amide bonds. The molecule has 122 valence electrons. The third kappa shape index (κ3) is 3.47. The number of nitrogens with one attached hydrogen (secondary N) is 1. The summed E-state index contributed by atoms with van der Waals surface area (Å²) in [6.45, 7) is 2.20. The van der Waals surface area contributed by atoms with Crippen LogP contribution in [-0.2, 0) is 11.3 Å². The Morgan fingerprint density at radius 2 is 2.00 bits per heavy atom. The highest BCUT2D eigenvalue weighted by molar-refractivity contribution is 5.85. The van der Waals surface area contributed by atoms with E-state index in [0.29, 0.717) is 12.6 Å². The first kappa shape index (κ1) is 16.9. The summed E-state index contributed by atoms with van der Waals surface area (Å²) in [5.74, 6) is 2.00. The van der Waals surface area contributed by atoms with Crippen LogP contribution in [0.2, 0.25) is 0 Å². The molecule has 6 heteroatoms. The van der Waals surface area contributed by atoms with Gasteiger partial charge in [-0.25, -0.2) is 0 Å². The molecule has 0 bridgehead atoms. The van der Waals surface area contributed by atoms with Crippen molar-refractivity contribution >= 4 is 18.3 Å². The molecule has 1 heterocycles. The smallest absolute Gasteiger partial charge is 0.228 e. The zero-order chi connectivity index (χ0) is 14.8. The molecule has 1 aliphatic carbocycles. The number of methoxy groups -OCH3 is 2. The van der Waals surface area contributed by atoms with E-state index >= 15 is 0 Å². The van der Waals surface area contributed by atoms with Gasteiger partial charge in [-0.2, -0.15) is 0 Å². The van der Waals surface area contributed by atoms with Crippen molar-refractivity contribution in [2.24, 2.45) is 5.92 Å². The maximum absolute atomic E-state index is 12.6. The van der Waals surface area contributed by atoms with Crippen molar-refractivity contribution < 1.29 is 14.3 Å². The first-order chi connectivity index (χ1) is 10.2. The summed E-state index contributed by atoms with van der Waals surface area (Å²) < 4.78 is 10.7. The molecule has 0 atom stereocenters. The minimum Gasteiger partial charge on any atom is -0.497 e. The molecular weight excluding hydrogens is 304 g/mol. The maximum atomic E-state index is 12.6. The predicted octanol–water partition coefficient (Wildman–Crippen LogP) is 1.84. The summed E-state index contributed by atoms with van der Waals surface area (Å²) in [4.78, 5) is 14.6. The van der Waals surface area contributed by atoms with E-state index in [1.54, 1.807) is 14.2 Å². The molecule has 1 aromatic rings. The zero-order valence-electron chi connectivity index (χ0n) is 13.0. The molecule has 1 N–H and O–H groups in total. The van der Waals surface area contributed by atoms with E-state index < -0.39 is 0 Å². The zero-order valence-corrected chi connectivity index (χ0v) is 13.8. The number of carbonyl (C=O) groups is 1. The second-order valence-electron chi connectivity index (χ2n) is 5.73. The van der Waals surface area contributed by atoms with E-state index in [2.05, 4.69) is 5.32 Å². The van der Waals surface area contributed by atoms with Gasteiger partial charge in [0.05, 0.1) is 20.1 Å². The lowest BCUT2D eigenvalue weighted by Crippen LogP contribution is -2.52. The van der Waals surface area contributed by atoms with E-state index in [1.165, 1.54) is 0 Å². The summed E-state index contributed by atoms with van der Waals surface area (Å²) in [5.41, 5.74) is 1.00. The minimum absolute atomic E-state index is 0. The van der Waals surface area contributed by atoms with Crippen LogP contribution in [0.3, 0.4) is 0 Å². The van der Waals surface area contributed by atoms with Crippen molar-refractivity contribution in [1.29, 1.82) is 0 Å². The highest BCUT2D eigenvalue weighted by Gasteiger charge is 2.38. The van der Waals surface area contributed by atoms with Crippen molar-refractivity contribution in [3.63, 3.8) is 0 Å². The monoisotopic (exact) mass is 326 g/mol. The predicted molar refractivity (Wildman–Crippen MR) is 86.7 cm³/mol. The molecule has 0 unspecified atom stereocenters. The van der Waals surface area contributed by atoms with E-state index in [9.17, 15) is 4.79 Å². The summed E-state index contributed by atoms with van der Waals surface area (Å²) in [6, 6.07) is 6.13. The van der Waals surface area contributed by atoms with Crippen molar-refractivity contribution in [3.8, 4) is 11.5 Å². The normalized spacial score (nSPS) is 17.2. The Hall–Kier alpha value is -1.46. The molecule has 1 saturated heterocycles. The molecule has 22 heavy (non-hydrogen) atoms. The molecule has 1 aromatic carbocycles. The average Bonchev–Trinajstić information content (AvgIpc) is 3.26. The lowest BCUT2D eigenvalue weighted by Gasteiger charge is -2.33. The van der Waals surface area contributed by atoms with E-state index in [0.717, 1.165) is 43.0 Å². The fourth-order valence-corrected chi connectivity index (χ4v) is 2.66. The van der Waals surface area contributed by atoms with E-state index in [-0.39, 0.29) is 24.2 Å². The van der Waals surface area contributed by atoms with Gasteiger partial charge in [-0.1, -0.05) is 0 Å². The highest BCUT2D eigenvalue weighted by atomic mass is 35.5. The molecule has 0 spiro atoms. The summed E-state index contributed by atoms with van der Waals surface area (Å²) in [6.07, 6.45) is 2.22. The van der Waals surface area contributed by atoms with Gasteiger partial charge in [0.1, 0.15) is 11.5 Å². The van der Waals surface area contributed by atoms with Crippen LogP contribution >= 0.6 is 12.4 Å². The van der Waals surface area contributed by atoms with Crippen molar-refractivity contribution in [2.45, 2.75) is 25.4 Å². The fraction of sp³-hybridized carbons (Fsp3) is 0.562. The van der Waals surface area contributed by atoms with Crippen LogP contribution in [0.1, 0.15) is 18.4 Å². The van der Waals surface area contributed by atoms with Gasteiger partial charge in [0.25, 0.3) is 0 Å². The highest BCUT2D eigenvalue weighted by Crippen LogP contribution is 2.33. The number of amides is 1. The molecule has 2 fully saturated rings. The second kappa shape index (κ2) is 7.20. The topological polar surface area (TPSA) is 50.8 Å². The molecular formula is C16H23ClN2O3. The third-order valence-electron chi connectivity index (χ3n) is 4.23. The number of nitrogens with zero attached hydrogens (tertiary/aromatic N) is 1. The van der Waals surface area contributed by atoms with Gasteiger partial charge in [0.15, 0.2) is 0 Å².